The van der Waals surface area contributed by atoms with Crippen LogP contribution in [0.4, 0.5) is 0 Å². The lowest BCUT2D eigenvalue weighted by Gasteiger charge is -2.24. The average molecular weight is 476 g/mol. The summed E-state index contributed by atoms with van der Waals surface area (Å²) in [6.07, 6.45) is 5.84. The number of benzene rings is 1. The standard InChI is InChI=1S/C24H30ClN3O3S/c1-2-12-28(13-17(29)15-31-18-10-8-16(25)9-11-18)14-21-26-23(30)22-19-6-4-3-5-7-20(19)32-24(22)27-21/h8-11,17,29H,2-7,12-15H2,1H3,(H,26,27,30). The van der Waals surface area contributed by atoms with Gasteiger partial charge >= 0.3 is 0 Å². The van der Waals surface area contributed by atoms with Gasteiger partial charge in [-0.1, -0.05) is 24.9 Å². The molecule has 6 nitrogen and oxygen atoms in total. The summed E-state index contributed by atoms with van der Waals surface area (Å²) in [5, 5.41) is 12.0. The molecule has 8 heteroatoms. The zero-order chi connectivity index (χ0) is 22.5. The molecule has 0 aliphatic heterocycles. The normalized spacial score (nSPS) is 15.0. The van der Waals surface area contributed by atoms with E-state index in [2.05, 4.69) is 16.8 Å². The highest BCUT2D eigenvalue weighted by Gasteiger charge is 2.20. The quantitative estimate of drug-likeness (QED) is 0.443. The maximum Gasteiger partial charge on any atom is 0.259 e. The van der Waals surface area contributed by atoms with Crippen molar-refractivity contribution in [3.63, 3.8) is 0 Å². The van der Waals surface area contributed by atoms with E-state index in [-0.39, 0.29) is 12.2 Å². The van der Waals surface area contributed by atoms with Gasteiger partial charge in [-0.15, -0.1) is 11.3 Å². The highest BCUT2D eigenvalue weighted by Crippen LogP contribution is 2.32. The van der Waals surface area contributed by atoms with Crippen molar-refractivity contribution >= 4 is 33.2 Å². The molecule has 1 unspecified atom stereocenters. The van der Waals surface area contributed by atoms with E-state index in [0.29, 0.717) is 29.7 Å². The number of rotatable bonds is 9. The number of thiophene rings is 1. The number of hydrogen-bond acceptors (Lipinski definition) is 6. The molecule has 1 atom stereocenters. The van der Waals surface area contributed by atoms with Crippen LogP contribution in [-0.4, -0.2) is 45.8 Å². The molecule has 2 aromatic heterocycles. The van der Waals surface area contributed by atoms with Crippen LogP contribution < -0.4 is 10.3 Å². The number of nitrogens with one attached hydrogen (secondary N) is 1. The number of nitrogens with zero attached hydrogens (tertiary/aromatic N) is 2. The maximum atomic E-state index is 12.9. The van der Waals surface area contributed by atoms with Gasteiger partial charge in [0.2, 0.25) is 0 Å². The first-order valence-electron chi connectivity index (χ1n) is 11.4. The van der Waals surface area contributed by atoms with E-state index in [0.717, 1.165) is 42.4 Å². The second-order valence-corrected chi connectivity index (χ2v) is 9.93. The van der Waals surface area contributed by atoms with E-state index in [9.17, 15) is 9.90 Å². The fourth-order valence-corrected chi connectivity index (χ4v) is 5.70. The summed E-state index contributed by atoms with van der Waals surface area (Å²) in [7, 11) is 0. The number of halogens is 1. The monoisotopic (exact) mass is 475 g/mol. The van der Waals surface area contributed by atoms with Crippen LogP contribution in [0.1, 0.15) is 48.9 Å². The first kappa shape index (κ1) is 23.2. The first-order valence-corrected chi connectivity index (χ1v) is 12.5. The molecule has 0 bridgehead atoms. The Morgan fingerprint density at radius 3 is 2.81 bits per heavy atom. The highest BCUT2D eigenvalue weighted by molar-refractivity contribution is 7.18. The summed E-state index contributed by atoms with van der Waals surface area (Å²) < 4.78 is 5.68. The average Bonchev–Trinajstić information content (AvgIpc) is 2.95. The minimum atomic E-state index is -0.662. The van der Waals surface area contributed by atoms with Crippen LogP contribution in [0.25, 0.3) is 10.2 Å². The Morgan fingerprint density at radius 2 is 2.03 bits per heavy atom. The molecule has 0 saturated carbocycles. The van der Waals surface area contributed by atoms with Gasteiger partial charge in [0.05, 0.1) is 11.9 Å². The van der Waals surface area contributed by atoms with Crippen LogP contribution >= 0.6 is 22.9 Å². The number of aromatic nitrogens is 2. The van der Waals surface area contributed by atoms with Crippen molar-refractivity contribution in [1.82, 2.24) is 14.9 Å². The molecule has 1 aliphatic carbocycles. The van der Waals surface area contributed by atoms with E-state index in [4.69, 9.17) is 21.3 Å². The number of H-pyrrole nitrogens is 1. The zero-order valence-electron chi connectivity index (χ0n) is 18.4. The zero-order valence-corrected chi connectivity index (χ0v) is 20.0. The Hall–Kier alpha value is -1.93. The summed E-state index contributed by atoms with van der Waals surface area (Å²) in [4.78, 5) is 25.0. The SMILES string of the molecule is CCCN(Cc1nc2sc3c(c2c(=O)[nH]1)CCCCC3)CC(O)COc1ccc(Cl)cc1. The van der Waals surface area contributed by atoms with E-state index in [1.165, 1.54) is 23.3 Å². The molecule has 0 amide bonds. The fraction of sp³-hybridized carbons (Fsp3) is 0.500. The predicted octanol–water partition coefficient (Wildman–Crippen LogP) is 4.56. The van der Waals surface area contributed by atoms with Crippen LogP contribution in [0.3, 0.4) is 0 Å². The molecule has 4 rings (SSSR count). The second kappa shape index (κ2) is 10.8. The lowest BCUT2D eigenvalue weighted by atomic mass is 10.1. The maximum absolute atomic E-state index is 12.9. The highest BCUT2D eigenvalue weighted by atomic mass is 35.5. The molecule has 32 heavy (non-hydrogen) atoms. The van der Waals surface area contributed by atoms with Gasteiger partial charge in [0.25, 0.3) is 5.56 Å². The third kappa shape index (κ3) is 5.70. The Balaban J connectivity index is 1.43. The summed E-state index contributed by atoms with van der Waals surface area (Å²) in [6, 6.07) is 7.08. The Morgan fingerprint density at radius 1 is 1.25 bits per heavy atom. The van der Waals surface area contributed by atoms with Gasteiger partial charge in [-0.2, -0.15) is 0 Å². The van der Waals surface area contributed by atoms with Crippen LogP contribution in [0, 0.1) is 0 Å². The van der Waals surface area contributed by atoms with Crippen molar-refractivity contribution in [1.29, 1.82) is 0 Å². The lowest BCUT2D eigenvalue weighted by molar-refractivity contribution is 0.0647. The van der Waals surface area contributed by atoms with Crippen molar-refractivity contribution in [2.45, 2.75) is 58.1 Å². The number of aromatic amines is 1. The number of ether oxygens (including phenoxy) is 1. The third-order valence-electron chi connectivity index (χ3n) is 5.76. The van der Waals surface area contributed by atoms with Gasteiger partial charge in [-0.3, -0.25) is 9.69 Å². The number of aliphatic hydroxyl groups excluding tert-OH is 1. The largest absolute Gasteiger partial charge is 0.491 e. The molecule has 2 heterocycles. The molecule has 172 valence electrons. The van der Waals surface area contributed by atoms with Gasteiger partial charge in [-0.25, -0.2) is 4.98 Å². The number of aliphatic hydroxyl groups is 1. The lowest BCUT2D eigenvalue weighted by Crippen LogP contribution is -2.36. The molecule has 1 aromatic carbocycles. The number of hydrogen-bond donors (Lipinski definition) is 2. The Kier molecular flexibility index (Phi) is 7.84. The van der Waals surface area contributed by atoms with Crippen LogP contribution in [0.15, 0.2) is 29.1 Å². The van der Waals surface area contributed by atoms with E-state index >= 15 is 0 Å². The Labute approximate surface area is 197 Å². The molecule has 2 N–H and O–H groups in total. The topological polar surface area (TPSA) is 78.5 Å². The molecule has 0 fully saturated rings. The summed E-state index contributed by atoms with van der Waals surface area (Å²) in [6.45, 7) is 3.99. The number of aryl methyl sites for hydroxylation is 2. The summed E-state index contributed by atoms with van der Waals surface area (Å²) in [5.41, 5.74) is 1.18. The first-order chi connectivity index (χ1) is 15.5. The smallest absolute Gasteiger partial charge is 0.259 e. The summed E-state index contributed by atoms with van der Waals surface area (Å²) in [5.74, 6) is 1.32. The van der Waals surface area contributed by atoms with Gasteiger partial charge < -0.3 is 14.8 Å². The molecule has 0 radical (unpaired) electrons. The second-order valence-electron chi connectivity index (χ2n) is 8.41. The van der Waals surface area contributed by atoms with E-state index < -0.39 is 6.10 Å². The van der Waals surface area contributed by atoms with Gasteiger partial charge in [-0.05, 0) is 68.5 Å². The minimum Gasteiger partial charge on any atom is -0.491 e. The molecule has 0 saturated heterocycles. The predicted molar refractivity (Wildman–Crippen MR) is 130 cm³/mol. The molecular weight excluding hydrogens is 446 g/mol. The van der Waals surface area contributed by atoms with Gasteiger partial charge in [0.1, 0.15) is 29.1 Å². The molecule has 1 aliphatic rings. The van der Waals surface area contributed by atoms with Crippen molar-refractivity contribution in [3.05, 3.63) is 55.9 Å². The molecular formula is C24H30ClN3O3S. The van der Waals surface area contributed by atoms with Crippen molar-refractivity contribution in [2.75, 3.05) is 19.7 Å². The molecule has 0 spiro atoms. The van der Waals surface area contributed by atoms with Crippen LogP contribution in [0.5, 0.6) is 5.75 Å². The minimum absolute atomic E-state index is 0.0348. The van der Waals surface area contributed by atoms with Gasteiger partial charge in [0.15, 0.2) is 0 Å². The van der Waals surface area contributed by atoms with Crippen molar-refractivity contribution in [3.8, 4) is 5.75 Å². The Bertz CT molecular complexity index is 1100. The summed E-state index contributed by atoms with van der Waals surface area (Å²) >= 11 is 7.57. The number of fused-ring (bicyclic) bond motifs is 3. The molecule has 3 aromatic rings. The van der Waals surface area contributed by atoms with E-state index in [1.54, 1.807) is 35.6 Å². The fourth-order valence-electron chi connectivity index (χ4n) is 4.30. The van der Waals surface area contributed by atoms with E-state index in [1.807, 2.05) is 0 Å². The van der Waals surface area contributed by atoms with Gasteiger partial charge in [0, 0.05) is 16.4 Å². The van der Waals surface area contributed by atoms with Crippen LogP contribution in [-0.2, 0) is 19.4 Å². The van der Waals surface area contributed by atoms with Crippen LogP contribution in [0.2, 0.25) is 5.02 Å². The third-order valence-corrected chi connectivity index (χ3v) is 7.20. The van der Waals surface area contributed by atoms with Crippen molar-refractivity contribution in [2.24, 2.45) is 0 Å². The van der Waals surface area contributed by atoms with Crippen molar-refractivity contribution < 1.29 is 9.84 Å².